The quantitative estimate of drug-likeness (QED) is 0.838. The molecule has 0 amide bonds. The molecule has 0 aliphatic rings. The largest absolute Gasteiger partial charge is 0.418 e. The molecular formula is C11H9ClF3NO. The van der Waals surface area contributed by atoms with Gasteiger partial charge in [0.05, 0.1) is 0 Å². The number of halogens is 4. The minimum Gasteiger partial charge on any atom is -0.379 e. The second-order valence-corrected chi connectivity index (χ2v) is 4.24. The molecule has 0 radical (unpaired) electrons. The maximum absolute atomic E-state index is 12.5. The van der Waals surface area contributed by atoms with Gasteiger partial charge in [0.25, 0.3) is 0 Å². The van der Waals surface area contributed by atoms with Crippen LogP contribution in [0, 0.1) is 0 Å². The molecule has 1 heterocycles. The number of hydrogen-bond acceptors (Lipinski definition) is 1. The maximum atomic E-state index is 12.5. The van der Waals surface area contributed by atoms with Gasteiger partial charge in [-0.15, -0.1) is 0 Å². The molecule has 92 valence electrons. The zero-order valence-electron chi connectivity index (χ0n) is 8.79. The molecule has 2 rings (SSSR count). The van der Waals surface area contributed by atoms with Crippen LogP contribution in [0.25, 0.3) is 10.9 Å². The number of aliphatic hydroxyl groups excluding tert-OH is 1. The summed E-state index contributed by atoms with van der Waals surface area (Å²) in [4.78, 5) is 0. The summed E-state index contributed by atoms with van der Waals surface area (Å²) in [5.74, 6) is 0. The Bertz CT molecular complexity index is 562. The third-order valence-corrected chi connectivity index (χ3v) is 2.82. The third-order valence-electron chi connectivity index (χ3n) is 2.59. The zero-order chi connectivity index (χ0) is 12.8. The fraction of sp³-hybridized carbons (Fsp3) is 0.273. The van der Waals surface area contributed by atoms with Crippen LogP contribution in [-0.2, 0) is 7.05 Å². The van der Waals surface area contributed by atoms with Crippen molar-refractivity contribution < 1.29 is 18.3 Å². The molecule has 1 aromatic heterocycles. The first kappa shape index (κ1) is 12.3. The molecule has 0 aliphatic carbocycles. The highest BCUT2D eigenvalue weighted by atomic mass is 35.5. The van der Waals surface area contributed by atoms with Gasteiger partial charge in [0.2, 0.25) is 0 Å². The van der Waals surface area contributed by atoms with Gasteiger partial charge in [-0.2, -0.15) is 13.2 Å². The summed E-state index contributed by atoms with van der Waals surface area (Å²) in [5.41, 5.74) is 0.391. The minimum atomic E-state index is -4.67. The number of alkyl halides is 3. The van der Waals surface area contributed by atoms with Gasteiger partial charge < -0.3 is 9.67 Å². The lowest BCUT2D eigenvalue weighted by Gasteiger charge is -2.13. The first-order valence-electron chi connectivity index (χ1n) is 4.80. The molecule has 0 fully saturated rings. The molecule has 0 unspecified atom stereocenters. The first-order valence-corrected chi connectivity index (χ1v) is 5.18. The average Bonchev–Trinajstić information content (AvgIpc) is 2.53. The molecule has 0 saturated heterocycles. The van der Waals surface area contributed by atoms with Crippen molar-refractivity contribution in [1.82, 2.24) is 4.57 Å². The van der Waals surface area contributed by atoms with Crippen LogP contribution in [0.4, 0.5) is 13.2 Å². The van der Waals surface area contributed by atoms with Crippen LogP contribution in [0.15, 0.2) is 24.4 Å². The molecule has 1 aromatic carbocycles. The molecule has 17 heavy (non-hydrogen) atoms. The molecular weight excluding hydrogens is 255 g/mol. The van der Waals surface area contributed by atoms with Crippen molar-refractivity contribution in [2.24, 2.45) is 7.05 Å². The molecule has 1 atom stereocenters. The Hall–Kier alpha value is -1.20. The van der Waals surface area contributed by atoms with Gasteiger partial charge in [0.15, 0.2) is 6.10 Å². The summed E-state index contributed by atoms with van der Waals surface area (Å²) in [7, 11) is 1.60. The molecule has 2 aromatic rings. The van der Waals surface area contributed by atoms with Crippen LogP contribution in [0.3, 0.4) is 0 Å². The summed E-state index contributed by atoms with van der Waals surface area (Å²) < 4.78 is 38.9. The van der Waals surface area contributed by atoms with Gasteiger partial charge in [0, 0.05) is 34.7 Å². The Morgan fingerprint density at radius 1 is 1.35 bits per heavy atom. The number of nitrogens with zero attached hydrogens (tertiary/aromatic N) is 1. The minimum absolute atomic E-state index is 0.160. The second-order valence-electron chi connectivity index (χ2n) is 3.80. The summed E-state index contributed by atoms with van der Waals surface area (Å²) in [5, 5.41) is 10.1. The normalized spacial score (nSPS) is 14.2. The SMILES string of the molecule is Cn1cc([C@@H](O)C(F)(F)F)c2ccc(Cl)cc21. The van der Waals surface area contributed by atoms with Crippen molar-refractivity contribution in [2.75, 3.05) is 0 Å². The Labute approximate surface area is 100 Å². The number of aryl methyl sites for hydroxylation is 1. The molecule has 0 spiro atoms. The monoisotopic (exact) mass is 263 g/mol. The average molecular weight is 264 g/mol. The van der Waals surface area contributed by atoms with Crippen LogP contribution in [0.5, 0.6) is 0 Å². The number of fused-ring (bicyclic) bond motifs is 1. The van der Waals surface area contributed by atoms with E-state index in [0.717, 1.165) is 0 Å². The van der Waals surface area contributed by atoms with E-state index in [9.17, 15) is 18.3 Å². The summed E-state index contributed by atoms with van der Waals surface area (Å²) >= 11 is 5.77. The van der Waals surface area contributed by atoms with E-state index in [-0.39, 0.29) is 5.56 Å². The number of hydrogen-bond donors (Lipinski definition) is 1. The van der Waals surface area contributed by atoms with E-state index in [4.69, 9.17) is 11.6 Å². The van der Waals surface area contributed by atoms with E-state index >= 15 is 0 Å². The summed E-state index contributed by atoms with van der Waals surface area (Å²) in [6.07, 6.45) is -5.89. The Morgan fingerprint density at radius 2 is 2.00 bits per heavy atom. The molecule has 1 N–H and O–H groups in total. The van der Waals surface area contributed by atoms with Crippen molar-refractivity contribution in [3.63, 3.8) is 0 Å². The van der Waals surface area contributed by atoms with Gasteiger partial charge in [0.1, 0.15) is 0 Å². The van der Waals surface area contributed by atoms with E-state index < -0.39 is 12.3 Å². The van der Waals surface area contributed by atoms with E-state index in [1.54, 1.807) is 13.1 Å². The Balaban J connectivity index is 2.64. The first-order chi connectivity index (χ1) is 7.80. The predicted molar refractivity (Wildman–Crippen MR) is 58.9 cm³/mol. The second kappa shape index (κ2) is 3.92. The third kappa shape index (κ3) is 2.12. The van der Waals surface area contributed by atoms with E-state index in [2.05, 4.69) is 0 Å². The van der Waals surface area contributed by atoms with Crippen molar-refractivity contribution in [2.45, 2.75) is 12.3 Å². The smallest absolute Gasteiger partial charge is 0.379 e. The fourth-order valence-corrected chi connectivity index (χ4v) is 1.95. The topological polar surface area (TPSA) is 25.2 Å². The fourth-order valence-electron chi connectivity index (χ4n) is 1.78. The van der Waals surface area contributed by atoms with Crippen LogP contribution >= 0.6 is 11.6 Å². The molecule has 0 saturated carbocycles. The van der Waals surface area contributed by atoms with Gasteiger partial charge in [-0.3, -0.25) is 0 Å². The standard InChI is InChI=1S/C11H9ClF3NO/c1-16-5-8(10(17)11(13,14)15)7-3-2-6(12)4-9(7)16/h2-5,10,17H,1H3/t10-/m1/s1. The van der Waals surface area contributed by atoms with Crippen LogP contribution in [-0.4, -0.2) is 15.8 Å². The highest BCUT2D eigenvalue weighted by Crippen LogP contribution is 2.37. The Kier molecular flexibility index (Phi) is 2.83. The lowest BCUT2D eigenvalue weighted by atomic mass is 10.1. The van der Waals surface area contributed by atoms with Crippen LogP contribution in [0.2, 0.25) is 5.02 Å². The maximum Gasteiger partial charge on any atom is 0.418 e. The van der Waals surface area contributed by atoms with E-state index in [0.29, 0.717) is 15.9 Å². The van der Waals surface area contributed by atoms with Gasteiger partial charge in [-0.25, -0.2) is 0 Å². The molecule has 2 nitrogen and oxygen atoms in total. The lowest BCUT2D eigenvalue weighted by molar-refractivity contribution is -0.206. The van der Waals surface area contributed by atoms with E-state index in [1.807, 2.05) is 0 Å². The van der Waals surface area contributed by atoms with Gasteiger partial charge >= 0.3 is 6.18 Å². The van der Waals surface area contributed by atoms with Crippen molar-refractivity contribution in [1.29, 1.82) is 0 Å². The summed E-state index contributed by atoms with van der Waals surface area (Å²) in [6.45, 7) is 0. The number of aliphatic hydroxyl groups is 1. The van der Waals surface area contributed by atoms with Crippen molar-refractivity contribution >= 4 is 22.5 Å². The van der Waals surface area contributed by atoms with Crippen LogP contribution in [0.1, 0.15) is 11.7 Å². The predicted octanol–water partition coefficient (Wildman–Crippen LogP) is 3.43. The van der Waals surface area contributed by atoms with Crippen molar-refractivity contribution in [3.8, 4) is 0 Å². The Morgan fingerprint density at radius 3 is 2.59 bits per heavy atom. The number of aromatic nitrogens is 1. The van der Waals surface area contributed by atoms with Gasteiger partial charge in [-0.1, -0.05) is 17.7 Å². The number of rotatable bonds is 1. The highest BCUT2D eigenvalue weighted by molar-refractivity contribution is 6.31. The zero-order valence-corrected chi connectivity index (χ0v) is 9.55. The van der Waals surface area contributed by atoms with Gasteiger partial charge in [-0.05, 0) is 12.1 Å². The lowest BCUT2D eigenvalue weighted by Crippen LogP contribution is -2.19. The number of benzene rings is 1. The summed E-state index contributed by atoms with van der Waals surface area (Å²) in [6, 6.07) is 4.53. The molecule has 6 heteroatoms. The van der Waals surface area contributed by atoms with E-state index in [1.165, 1.54) is 22.9 Å². The van der Waals surface area contributed by atoms with Crippen molar-refractivity contribution in [3.05, 3.63) is 35.0 Å². The molecule has 0 aliphatic heterocycles. The highest BCUT2D eigenvalue weighted by Gasteiger charge is 2.40. The molecule has 0 bridgehead atoms. The van der Waals surface area contributed by atoms with Crippen LogP contribution < -0.4 is 0 Å².